The van der Waals surface area contributed by atoms with Gasteiger partial charge in [-0.05, 0) is 25.0 Å². The maximum Gasteiger partial charge on any atom is 0.255 e. The summed E-state index contributed by atoms with van der Waals surface area (Å²) in [5, 5.41) is 5.78. The molecule has 0 heterocycles. The second kappa shape index (κ2) is 10.5. The smallest absolute Gasteiger partial charge is 0.255 e. The van der Waals surface area contributed by atoms with Crippen LogP contribution in [-0.2, 0) is 4.79 Å². The van der Waals surface area contributed by atoms with Crippen molar-refractivity contribution in [1.29, 1.82) is 0 Å². The van der Waals surface area contributed by atoms with Crippen molar-refractivity contribution in [2.45, 2.75) is 52.3 Å². The SMILES string of the molecule is CCOc1ccccc1C(=O)NC(C(=O)NCCSC(C)(C)C)C(C)C. The first kappa shape index (κ1) is 22.4. The molecule has 6 heteroatoms. The summed E-state index contributed by atoms with van der Waals surface area (Å²) in [4.78, 5) is 25.2. The van der Waals surface area contributed by atoms with Crippen LogP contribution in [0.1, 0.15) is 51.9 Å². The number of carbonyl (C=O) groups is 2. The van der Waals surface area contributed by atoms with E-state index in [0.29, 0.717) is 24.5 Å². The molecule has 146 valence electrons. The minimum atomic E-state index is -0.586. The number of carbonyl (C=O) groups excluding carboxylic acids is 2. The van der Waals surface area contributed by atoms with Crippen LogP contribution in [0, 0.1) is 5.92 Å². The molecule has 26 heavy (non-hydrogen) atoms. The Hall–Kier alpha value is -1.69. The van der Waals surface area contributed by atoms with Gasteiger partial charge in [-0.15, -0.1) is 0 Å². The van der Waals surface area contributed by atoms with Crippen LogP contribution in [0.2, 0.25) is 0 Å². The molecular weight excluding hydrogens is 348 g/mol. The van der Waals surface area contributed by atoms with Crippen molar-refractivity contribution in [3.8, 4) is 5.75 Å². The summed E-state index contributed by atoms with van der Waals surface area (Å²) in [7, 11) is 0. The monoisotopic (exact) mass is 380 g/mol. The Labute approximate surface area is 161 Å². The van der Waals surface area contributed by atoms with Crippen molar-refractivity contribution < 1.29 is 14.3 Å². The first-order valence-electron chi connectivity index (χ1n) is 9.10. The molecule has 5 nitrogen and oxygen atoms in total. The predicted octanol–water partition coefficient (Wildman–Crippen LogP) is 3.49. The lowest BCUT2D eigenvalue weighted by Gasteiger charge is -2.23. The molecule has 0 saturated carbocycles. The first-order chi connectivity index (χ1) is 12.2. The van der Waals surface area contributed by atoms with E-state index in [1.54, 1.807) is 30.0 Å². The summed E-state index contributed by atoms with van der Waals surface area (Å²) in [6.45, 7) is 13.2. The number of thioether (sulfide) groups is 1. The average molecular weight is 381 g/mol. The number of amides is 2. The zero-order chi connectivity index (χ0) is 19.7. The molecule has 2 N–H and O–H groups in total. The topological polar surface area (TPSA) is 67.4 Å². The molecule has 1 rings (SSSR count). The fourth-order valence-corrected chi connectivity index (χ4v) is 3.15. The molecular formula is C20H32N2O3S. The van der Waals surface area contributed by atoms with Gasteiger partial charge in [0.05, 0.1) is 12.2 Å². The minimum absolute atomic E-state index is 0.0199. The number of rotatable bonds is 9. The average Bonchev–Trinajstić information content (AvgIpc) is 2.56. The Balaban J connectivity index is 2.70. The fraction of sp³-hybridized carbons (Fsp3) is 0.600. The molecule has 0 bridgehead atoms. The number of hydrogen-bond donors (Lipinski definition) is 2. The Morgan fingerprint density at radius 3 is 2.42 bits per heavy atom. The van der Waals surface area contributed by atoms with Crippen molar-refractivity contribution in [2.75, 3.05) is 18.9 Å². The summed E-state index contributed by atoms with van der Waals surface area (Å²) in [6, 6.07) is 6.48. The highest BCUT2D eigenvalue weighted by molar-refractivity contribution is 8.00. The van der Waals surface area contributed by atoms with E-state index in [1.165, 1.54) is 0 Å². The van der Waals surface area contributed by atoms with E-state index < -0.39 is 6.04 Å². The second-order valence-corrected chi connectivity index (χ2v) is 9.30. The van der Waals surface area contributed by atoms with Gasteiger partial charge in [-0.1, -0.05) is 46.8 Å². The van der Waals surface area contributed by atoms with Gasteiger partial charge >= 0.3 is 0 Å². The normalized spacial score (nSPS) is 12.6. The van der Waals surface area contributed by atoms with E-state index in [9.17, 15) is 9.59 Å². The van der Waals surface area contributed by atoms with E-state index in [2.05, 4.69) is 31.4 Å². The number of benzene rings is 1. The van der Waals surface area contributed by atoms with Crippen LogP contribution in [0.25, 0.3) is 0 Å². The lowest BCUT2D eigenvalue weighted by atomic mass is 10.0. The standard InChI is InChI=1S/C20H32N2O3S/c1-7-25-16-11-9-8-10-15(16)18(23)22-17(14(2)3)19(24)21-12-13-26-20(4,5)6/h8-11,14,17H,7,12-13H2,1-6H3,(H,21,24)(H,22,23). The van der Waals surface area contributed by atoms with Gasteiger partial charge in [0.2, 0.25) is 5.91 Å². The van der Waals surface area contributed by atoms with E-state index >= 15 is 0 Å². The second-order valence-electron chi connectivity index (χ2n) is 7.38. The maximum atomic E-state index is 12.6. The Morgan fingerprint density at radius 1 is 1.19 bits per heavy atom. The number of hydrogen-bond acceptors (Lipinski definition) is 4. The van der Waals surface area contributed by atoms with Crippen LogP contribution >= 0.6 is 11.8 Å². The van der Waals surface area contributed by atoms with Crippen LogP contribution in [0.15, 0.2) is 24.3 Å². The molecule has 0 fully saturated rings. The van der Waals surface area contributed by atoms with Gasteiger partial charge in [-0.25, -0.2) is 0 Å². The van der Waals surface area contributed by atoms with E-state index in [0.717, 1.165) is 5.75 Å². The van der Waals surface area contributed by atoms with Crippen LogP contribution in [-0.4, -0.2) is 41.5 Å². The lowest BCUT2D eigenvalue weighted by Crippen LogP contribution is -2.50. The molecule has 0 aliphatic carbocycles. The van der Waals surface area contributed by atoms with Crippen molar-refractivity contribution in [3.63, 3.8) is 0 Å². The lowest BCUT2D eigenvalue weighted by molar-refractivity contribution is -0.123. The van der Waals surface area contributed by atoms with Crippen molar-refractivity contribution in [3.05, 3.63) is 29.8 Å². The highest BCUT2D eigenvalue weighted by Crippen LogP contribution is 2.22. The van der Waals surface area contributed by atoms with Gasteiger partial charge < -0.3 is 15.4 Å². The van der Waals surface area contributed by atoms with Gasteiger partial charge in [0.1, 0.15) is 11.8 Å². The Morgan fingerprint density at radius 2 is 1.85 bits per heavy atom. The number of para-hydroxylation sites is 1. The third-order valence-electron chi connectivity index (χ3n) is 3.60. The molecule has 1 aromatic rings. The van der Waals surface area contributed by atoms with Crippen LogP contribution < -0.4 is 15.4 Å². The molecule has 0 radical (unpaired) electrons. The highest BCUT2D eigenvalue weighted by Gasteiger charge is 2.25. The first-order valence-corrected chi connectivity index (χ1v) is 10.1. The van der Waals surface area contributed by atoms with Gasteiger partial charge in [0.15, 0.2) is 0 Å². The van der Waals surface area contributed by atoms with Crippen molar-refractivity contribution in [2.24, 2.45) is 5.92 Å². The third-order valence-corrected chi connectivity index (χ3v) is 4.88. The van der Waals surface area contributed by atoms with Crippen molar-refractivity contribution >= 4 is 23.6 Å². The molecule has 0 saturated heterocycles. The zero-order valence-corrected chi connectivity index (χ0v) is 17.5. The van der Waals surface area contributed by atoms with Crippen LogP contribution in [0.4, 0.5) is 0 Å². The molecule has 0 aliphatic heterocycles. The van der Waals surface area contributed by atoms with Crippen LogP contribution in [0.3, 0.4) is 0 Å². The fourth-order valence-electron chi connectivity index (χ4n) is 2.33. The number of ether oxygens (including phenoxy) is 1. The molecule has 0 spiro atoms. The van der Waals surface area contributed by atoms with Gasteiger partial charge in [-0.2, -0.15) is 11.8 Å². The molecule has 1 aromatic carbocycles. The Bertz CT molecular complexity index is 597. The van der Waals surface area contributed by atoms with Gasteiger partial charge in [-0.3, -0.25) is 9.59 Å². The van der Waals surface area contributed by atoms with E-state index in [1.807, 2.05) is 26.8 Å². The summed E-state index contributed by atoms with van der Waals surface area (Å²) >= 11 is 1.80. The van der Waals surface area contributed by atoms with Gasteiger partial charge in [0, 0.05) is 17.0 Å². The predicted molar refractivity (Wildman–Crippen MR) is 109 cm³/mol. The summed E-state index contributed by atoms with van der Waals surface area (Å²) in [5.41, 5.74) is 0.441. The summed E-state index contributed by atoms with van der Waals surface area (Å²) in [6.07, 6.45) is 0. The zero-order valence-electron chi connectivity index (χ0n) is 16.7. The van der Waals surface area contributed by atoms with Crippen LogP contribution in [0.5, 0.6) is 5.75 Å². The molecule has 2 amide bonds. The molecule has 0 aromatic heterocycles. The summed E-state index contributed by atoms with van der Waals surface area (Å²) < 4.78 is 5.67. The Kier molecular flexibility index (Phi) is 8.99. The molecule has 1 atom stereocenters. The minimum Gasteiger partial charge on any atom is -0.493 e. The van der Waals surface area contributed by atoms with E-state index in [4.69, 9.17) is 4.74 Å². The molecule has 1 unspecified atom stereocenters. The van der Waals surface area contributed by atoms with Gasteiger partial charge in [0.25, 0.3) is 5.91 Å². The summed E-state index contributed by atoms with van der Waals surface area (Å²) in [5.74, 6) is 0.885. The quantitative estimate of drug-likeness (QED) is 0.644. The van der Waals surface area contributed by atoms with E-state index in [-0.39, 0.29) is 22.5 Å². The number of nitrogens with one attached hydrogen (secondary N) is 2. The highest BCUT2D eigenvalue weighted by atomic mass is 32.2. The third kappa shape index (κ3) is 7.68. The van der Waals surface area contributed by atoms with Crippen molar-refractivity contribution in [1.82, 2.24) is 10.6 Å². The molecule has 0 aliphatic rings. The largest absolute Gasteiger partial charge is 0.493 e. The maximum absolute atomic E-state index is 12.6.